The van der Waals surface area contributed by atoms with Crippen LogP contribution in [-0.2, 0) is 4.79 Å². The molecule has 2 aliphatic rings. The Morgan fingerprint density at radius 2 is 1.92 bits per heavy atom. The van der Waals surface area contributed by atoms with Crippen LogP contribution >= 0.6 is 0 Å². The third-order valence-electron chi connectivity index (χ3n) is 5.49. The molecule has 124 valence electrons. The van der Waals surface area contributed by atoms with E-state index in [1.165, 1.54) is 6.42 Å². The summed E-state index contributed by atoms with van der Waals surface area (Å²) in [6, 6.07) is 9.56. The zero-order valence-electron chi connectivity index (χ0n) is 13.8. The van der Waals surface area contributed by atoms with Crippen molar-refractivity contribution in [3.05, 3.63) is 42.2 Å². The molecule has 0 aliphatic heterocycles. The fourth-order valence-electron chi connectivity index (χ4n) is 4.24. The number of anilines is 1. The summed E-state index contributed by atoms with van der Waals surface area (Å²) in [5, 5.41) is 3.03. The smallest absolute Gasteiger partial charge is 0.229 e. The molecular formula is C19H22N4O. The Morgan fingerprint density at radius 3 is 2.58 bits per heavy atom. The summed E-state index contributed by atoms with van der Waals surface area (Å²) in [5.41, 5.74) is 8.92. The second kappa shape index (κ2) is 5.98. The number of fused-ring (bicyclic) bond motifs is 2. The summed E-state index contributed by atoms with van der Waals surface area (Å²) in [6.07, 6.45) is 5.19. The number of hydrogen-bond acceptors (Lipinski definition) is 4. The van der Waals surface area contributed by atoms with E-state index in [0.717, 1.165) is 29.8 Å². The standard InChI is InChI=1S/C19H22N4O/c1-11-8-9-21-18(22-11)12-4-6-15(7-5-12)23-19(24)16-13-2-3-14(10-13)17(16)20/h4-9,13-14,16-17H,2-3,10,20H2,1H3,(H,23,24). The van der Waals surface area contributed by atoms with Crippen molar-refractivity contribution in [2.45, 2.75) is 32.2 Å². The number of carbonyl (C=O) groups is 1. The molecule has 3 N–H and O–H groups in total. The van der Waals surface area contributed by atoms with Crippen LogP contribution in [0.1, 0.15) is 25.0 Å². The third-order valence-corrected chi connectivity index (χ3v) is 5.49. The zero-order valence-corrected chi connectivity index (χ0v) is 13.8. The van der Waals surface area contributed by atoms with Gasteiger partial charge in [0.25, 0.3) is 0 Å². The van der Waals surface area contributed by atoms with Gasteiger partial charge in [0.15, 0.2) is 5.82 Å². The van der Waals surface area contributed by atoms with Gasteiger partial charge in [-0.2, -0.15) is 0 Å². The van der Waals surface area contributed by atoms with Gasteiger partial charge in [-0.15, -0.1) is 0 Å². The van der Waals surface area contributed by atoms with Gasteiger partial charge < -0.3 is 11.1 Å². The SMILES string of the molecule is Cc1ccnc(-c2ccc(NC(=O)C3C4CCC(C4)C3N)cc2)n1. The minimum atomic E-state index is -0.0384. The molecule has 5 heteroatoms. The molecule has 0 spiro atoms. The lowest BCUT2D eigenvalue weighted by Crippen LogP contribution is -2.42. The molecule has 2 saturated carbocycles. The number of nitrogens with zero attached hydrogens (tertiary/aromatic N) is 2. The second-order valence-corrected chi connectivity index (χ2v) is 7.02. The Kier molecular flexibility index (Phi) is 3.81. The quantitative estimate of drug-likeness (QED) is 0.910. The van der Waals surface area contributed by atoms with E-state index in [-0.39, 0.29) is 17.9 Å². The molecule has 0 radical (unpaired) electrons. The van der Waals surface area contributed by atoms with E-state index in [4.69, 9.17) is 5.73 Å². The first-order valence-electron chi connectivity index (χ1n) is 8.58. The molecule has 4 atom stereocenters. The highest BCUT2D eigenvalue weighted by Gasteiger charge is 2.49. The van der Waals surface area contributed by atoms with Crippen molar-refractivity contribution in [2.75, 3.05) is 5.32 Å². The first kappa shape index (κ1) is 15.3. The lowest BCUT2D eigenvalue weighted by atomic mass is 9.84. The summed E-state index contributed by atoms with van der Waals surface area (Å²) in [4.78, 5) is 21.3. The lowest BCUT2D eigenvalue weighted by Gasteiger charge is -2.27. The number of aryl methyl sites for hydroxylation is 1. The normalized spacial score (nSPS) is 28.1. The predicted molar refractivity (Wildman–Crippen MR) is 93.1 cm³/mol. The van der Waals surface area contributed by atoms with Gasteiger partial charge in [-0.1, -0.05) is 0 Å². The van der Waals surface area contributed by atoms with Crippen molar-refractivity contribution in [2.24, 2.45) is 23.5 Å². The number of benzene rings is 1. The van der Waals surface area contributed by atoms with Crippen LogP contribution in [0, 0.1) is 24.7 Å². The molecule has 2 aliphatic carbocycles. The minimum absolute atomic E-state index is 0.0173. The molecule has 2 bridgehead atoms. The Balaban J connectivity index is 1.47. The van der Waals surface area contributed by atoms with E-state index in [0.29, 0.717) is 17.7 Å². The van der Waals surface area contributed by atoms with Crippen LogP contribution in [0.15, 0.2) is 36.5 Å². The van der Waals surface area contributed by atoms with E-state index >= 15 is 0 Å². The van der Waals surface area contributed by atoms with Crippen molar-refractivity contribution in [1.82, 2.24) is 9.97 Å². The topological polar surface area (TPSA) is 80.9 Å². The maximum Gasteiger partial charge on any atom is 0.229 e. The van der Waals surface area contributed by atoms with E-state index < -0.39 is 0 Å². The largest absolute Gasteiger partial charge is 0.327 e. The highest BCUT2D eigenvalue weighted by Crippen LogP contribution is 2.47. The van der Waals surface area contributed by atoms with Gasteiger partial charge in [0.2, 0.25) is 5.91 Å². The van der Waals surface area contributed by atoms with Crippen molar-refractivity contribution in [3.8, 4) is 11.4 Å². The summed E-state index contributed by atoms with van der Waals surface area (Å²) < 4.78 is 0. The van der Waals surface area contributed by atoms with Crippen molar-refractivity contribution in [1.29, 1.82) is 0 Å². The Hall–Kier alpha value is -2.27. The molecule has 0 saturated heterocycles. The maximum absolute atomic E-state index is 12.6. The molecule has 2 aromatic rings. The molecule has 1 aromatic heterocycles. The van der Waals surface area contributed by atoms with Gasteiger partial charge in [0, 0.05) is 29.2 Å². The van der Waals surface area contributed by atoms with Gasteiger partial charge in [-0.3, -0.25) is 4.79 Å². The molecule has 1 amide bonds. The van der Waals surface area contributed by atoms with Gasteiger partial charge >= 0.3 is 0 Å². The number of amides is 1. The van der Waals surface area contributed by atoms with Crippen molar-refractivity contribution < 1.29 is 4.79 Å². The van der Waals surface area contributed by atoms with Gasteiger partial charge in [0.1, 0.15) is 0 Å². The molecule has 1 heterocycles. The van der Waals surface area contributed by atoms with Crippen molar-refractivity contribution >= 4 is 11.6 Å². The van der Waals surface area contributed by atoms with Gasteiger partial charge in [-0.25, -0.2) is 9.97 Å². The molecule has 1 aromatic carbocycles. The Morgan fingerprint density at radius 1 is 1.17 bits per heavy atom. The van der Waals surface area contributed by atoms with E-state index in [1.807, 2.05) is 37.3 Å². The first-order chi connectivity index (χ1) is 11.6. The molecule has 4 rings (SSSR count). The fourth-order valence-corrected chi connectivity index (χ4v) is 4.24. The van der Waals surface area contributed by atoms with Crippen LogP contribution in [0.3, 0.4) is 0 Å². The zero-order chi connectivity index (χ0) is 16.7. The van der Waals surface area contributed by atoms with E-state index in [2.05, 4.69) is 15.3 Å². The first-order valence-corrected chi connectivity index (χ1v) is 8.58. The molecule has 5 nitrogen and oxygen atoms in total. The number of nitrogens with two attached hydrogens (primary N) is 1. The van der Waals surface area contributed by atoms with Gasteiger partial charge in [-0.05, 0) is 68.4 Å². The highest BCUT2D eigenvalue weighted by atomic mass is 16.2. The summed E-state index contributed by atoms with van der Waals surface area (Å²) in [6.45, 7) is 1.94. The summed E-state index contributed by atoms with van der Waals surface area (Å²) in [7, 11) is 0. The van der Waals surface area contributed by atoms with Crippen molar-refractivity contribution in [3.63, 3.8) is 0 Å². The molecule has 2 fully saturated rings. The van der Waals surface area contributed by atoms with Crippen LogP contribution in [0.4, 0.5) is 5.69 Å². The predicted octanol–water partition coefficient (Wildman–Crippen LogP) is 2.76. The van der Waals surface area contributed by atoms with Crippen LogP contribution in [0.25, 0.3) is 11.4 Å². The van der Waals surface area contributed by atoms with Crippen LogP contribution in [0.2, 0.25) is 0 Å². The number of aromatic nitrogens is 2. The summed E-state index contributed by atoms with van der Waals surface area (Å²) in [5.74, 6) is 1.72. The molecule has 4 unspecified atom stereocenters. The monoisotopic (exact) mass is 322 g/mol. The van der Waals surface area contributed by atoms with Crippen LogP contribution in [-0.4, -0.2) is 21.9 Å². The average Bonchev–Trinajstić information content (AvgIpc) is 3.16. The van der Waals surface area contributed by atoms with E-state index in [9.17, 15) is 4.79 Å². The fraction of sp³-hybridized carbons (Fsp3) is 0.421. The molecule has 24 heavy (non-hydrogen) atoms. The number of carbonyl (C=O) groups excluding carboxylic acids is 1. The Bertz CT molecular complexity index is 756. The highest BCUT2D eigenvalue weighted by molar-refractivity contribution is 5.93. The summed E-state index contributed by atoms with van der Waals surface area (Å²) >= 11 is 0. The Labute approximate surface area is 141 Å². The lowest BCUT2D eigenvalue weighted by molar-refractivity contribution is -0.121. The van der Waals surface area contributed by atoms with E-state index in [1.54, 1.807) is 6.20 Å². The second-order valence-electron chi connectivity index (χ2n) is 7.02. The minimum Gasteiger partial charge on any atom is -0.327 e. The number of rotatable bonds is 3. The van der Waals surface area contributed by atoms with Gasteiger partial charge in [0.05, 0.1) is 5.92 Å². The number of hydrogen-bond donors (Lipinski definition) is 2. The van der Waals surface area contributed by atoms with Crippen LogP contribution < -0.4 is 11.1 Å². The third kappa shape index (κ3) is 2.69. The van der Waals surface area contributed by atoms with Crippen LogP contribution in [0.5, 0.6) is 0 Å². The average molecular weight is 322 g/mol. The molecular weight excluding hydrogens is 300 g/mol. The maximum atomic E-state index is 12.6. The number of nitrogens with one attached hydrogen (secondary N) is 1.